The van der Waals surface area contributed by atoms with Crippen LogP contribution in [0.5, 0.6) is 5.75 Å². The number of aryl methyl sites for hydroxylation is 1. The minimum atomic E-state index is -0.378. The van der Waals surface area contributed by atoms with Crippen LogP contribution in [-0.2, 0) is 0 Å². The van der Waals surface area contributed by atoms with Crippen molar-refractivity contribution in [3.05, 3.63) is 81.5 Å². The summed E-state index contributed by atoms with van der Waals surface area (Å²) in [5, 5.41) is 16.3. The number of amides is 2. The van der Waals surface area contributed by atoms with Crippen LogP contribution < -0.4 is 10.7 Å². The number of nitrogens with zero attached hydrogens (tertiary/aromatic N) is 1. The third-order valence-corrected chi connectivity index (χ3v) is 4.96. The molecule has 6 nitrogen and oxygen atoms in total. The molecule has 0 aliphatic rings. The Balaban J connectivity index is 1.68. The monoisotopic (exact) mass is 393 g/mol. The first-order chi connectivity index (χ1) is 13.4. The molecule has 3 rings (SSSR count). The minimum Gasteiger partial charge on any atom is -0.508 e. The van der Waals surface area contributed by atoms with Crippen molar-refractivity contribution in [3.63, 3.8) is 0 Å². The Hall–Kier alpha value is -3.45. The van der Waals surface area contributed by atoms with E-state index in [9.17, 15) is 14.7 Å². The van der Waals surface area contributed by atoms with Gasteiger partial charge in [0.2, 0.25) is 0 Å². The van der Waals surface area contributed by atoms with Crippen molar-refractivity contribution < 1.29 is 14.7 Å². The van der Waals surface area contributed by atoms with Crippen molar-refractivity contribution in [1.29, 1.82) is 0 Å². The van der Waals surface area contributed by atoms with Gasteiger partial charge >= 0.3 is 0 Å². The second-order valence-corrected chi connectivity index (χ2v) is 7.42. The highest BCUT2D eigenvalue weighted by molar-refractivity contribution is 7.14. The van der Waals surface area contributed by atoms with Gasteiger partial charge in [0.15, 0.2) is 0 Å². The third-order valence-electron chi connectivity index (χ3n) is 3.96. The topological polar surface area (TPSA) is 90.8 Å². The number of hydrogen-bond donors (Lipinski definition) is 3. The average molecular weight is 393 g/mol. The van der Waals surface area contributed by atoms with E-state index in [0.717, 1.165) is 10.4 Å². The molecule has 7 heteroatoms. The molecule has 1 heterocycles. The number of aromatic hydroxyl groups is 1. The molecule has 0 saturated carbocycles. The molecule has 0 unspecified atom stereocenters. The second kappa shape index (κ2) is 8.49. The fourth-order valence-electron chi connectivity index (χ4n) is 2.45. The van der Waals surface area contributed by atoms with Crippen LogP contribution in [0.15, 0.2) is 65.8 Å². The van der Waals surface area contributed by atoms with Gasteiger partial charge in [0.05, 0.1) is 10.6 Å². The highest BCUT2D eigenvalue weighted by atomic mass is 32.1. The standard InChI is InChI=1S/C21H19N3O3S/c1-13-6-11-19(28-13)21(27)22-17-5-3-4-16(12-17)14(2)23-24-20(26)15-7-9-18(25)10-8-15/h3-12,25H,1-2H3,(H,22,27)(H,24,26)/b23-14+. The Bertz CT molecular complexity index is 1040. The SMILES string of the molecule is C/C(=N\NC(=O)c1ccc(O)cc1)c1cccc(NC(=O)c2ccc(C)s2)c1. The molecule has 0 aliphatic carbocycles. The number of anilines is 1. The summed E-state index contributed by atoms with van der Waals surface area (Å²) in [6.45, 7) is 3.72. The molecule has 3 aromatic rings. The normalized spacial score (nSPS) is 11.1. The van der Waals surface area contributed by atoms with Gasteiger partial charge in [-0.3, -0.25) is 9.59 Å². The van der Waals surface area contributed by atoms with Gasteiger partial charge in [-0.05, 0) is 67.9 Å². The molecule has 142 valence electrons. The largest absolute Gasteiger partial charge is 0.508 e. The molecule has 0 radical (unpaired) electrons. The molecule has 0 bridgehead atoms. The lowest BCUT2D eigenvalue weighted by Crippen LogP contribution is -2.19. The molecule has 0 saturated heterocycles. The number of rotatable bonds is 5. The maximum Gasteiger partial charge on any atom is 0.271 e. The summed E-state index contributed by atoms with van der Waals surface area (Å²) in [5.74, 6) is -0.449. The lowest BCUT2D eigenvalue weighted by molar-refractivity contribution is 0.0954. The first-order valence-corrected chi connectivity index (χ1v) is 9.36. The van der Waals surface area contributed by atoms with E-state index in [1.807, 2.05) is 25.1 Å². The third kappa shape index (κ3) is 4.83. The van der Waals surface area contributed by atoms with Gasteiger partial charge in [-0.25, -0.2) is 5.43 Å². The minimum absolute atomic E-state index is 0.0906. The van der Waals surface area contributed by atoms with Gasteiger partial charge in [0.25, 0.3) is 11.8 Å². The fourth-order valence-corrected chi connectivity index (χ4v) is 3.21. The van der Waals surface area contributed by atoms with E-state index in [1.165, 1.54) is 35.6 Å². The van der Waals surface area contributed by atoms with Gasteiger partial charge in [-0.15, -0.1) is 11.3 Å². The van der Waals surface area contributed by atoms with Crippen molar-refractivity contribution in [2.24, 2.45) is 5.10 Å². The van der Waals surface area contributed by atoms with Crippen LogP contribution in [0.2, 0.25) is 0 Å². The zero-order chi connectivity index (χ0) is 20.1. The van der Waals surface area contributed by atoms with Crippen LogP contribution in [0, 0.1) is 6.92 Å². The lowest BCUT2D eigenvalue weighted by Gasteiger charge is -2.07. The van der Waals surface area contributed by atoms with Crippen LogP contribution in [0.25, 0.3) is 0 Å². The van der Waals surface area contributed by atoms with Gasteiger partial charge in [0.1, 0.15) is 5.75 Å². The van der Waals surface area contributed by atoms with E-state index in [-0.39, 0.29) is 17.6 Å². The highest BCUT2D eigenvalue weighted by Gasteiger charge is 2.09. The molecule has 28 heavy (non-hydrogen) atoms. The van der Waals surface area contributed by atoms with Crippen LogP contribution in [0.4, 0.5) is 5.69 Å². The molecule has 3 N–H and O–H groups in total. The Labute approximate surface area is 166 Å². The number of carbonyl (C=O) groups is 2. The van der Waals surface area contributed by atoms with Crippen LogP contribution in [0.1, 0.15) is 37.4 Å². The highest BCUT2D eigenvalue weighted by Crippen LogP contribution is 2.18. The average Bonchev–Trinajstić information content (AvgIpc) is 3.13. The van der Waals surface area contributed by atoms with Crippen molar-refractivity contribution in [1.82, 2.24) is 5.43 Å². The van der Waals surface area contributed by atoms with Gasteiger partial charge in [-0.1, -0.05) is 12.1 Å². The zero-order valence-electron chi connectivity index (χ0n) is 15.4. The van der Waals surface area contributed by atoms with E-state index in [2.05, 4.69) is 15.8 Å². The van der Waals surface area contributed by atoms with E-state index >= 15 is 0 Å². The Morgan fingerprint density at radius 2 is 1.71 bits per heavy atom. The number of carbonyl (C=O) groups excluding carboxylic acids is 2. The number of hydrogen-bond acceptors (Lipinski definition) is 5. The van der Waals surface area contributed by atoms with E-state index < -0.39 is 0 Å². The summed E-state index contributed by atoms with van der Waals surface area (Å²) in [7, 11) is 0. The van der Waals surface area contributed by atoms with E-state index in [4.69, 9.17) is 0 Å². The first kappa shape index (κ1) is 19.3. The maximum absolute atomic E-state index is 12.3. The summed E-state index contributed by atoms with van der Waals surface area (Å²) in [6, 6.07) is 16.8. The summed E-state index contributed by atoms with van der Waals surface area (Å²) in [4.78, 5) is 26.1. The van der Waals surface area contributed by atoms with Crippen molar-refractivity contribution in [3.8, 4) is 5.75 Å². The summed E-state index contributed by atoms with van der Waals surface area (Å²) in [6.07, 6.45) is 0. The molecule has 0 aliphatic heterocycles. The number of hydrazone groups is 1. The van der Waals surface area contributed by atoms with E-state index in [1.54, 1.807) is 25.1 Å². The van der Waals surface area contributed by atoms with Crippen LogP contribution in [-0.4, -0.2) is 22.6 Å². The van der Waals surface area contributed by atoms with Crippen LogP contribution in [0.3, 0.4) is 0 Å². The number of nitrogens with one attached hydrogen (secondary N) is 2. The summed E-state index contributed by atoms with van der Waals surface area (Å²) < 4.78 is 0. The molecule has 0 atom stereocenters. The Morgan fingerprint density at radius 3 is 2.39 bits per heavy atom. The van der Waals surface area contributed by atoms with Gasteiger partial charge in [-0.2, -0.15) is 5.10 Å². The Morgan fingerprint density at radius 1 is 0.964 bits per heavy atom. The second-order valence-electron chi connectivity index (χ2n) is 6.13. The van der Waals surface area contributed by atoms with Crippen molar-refractivity contribution >= 4 is 34.6 Å². The number of benzene rings is 2. The first-order valence-electron chi connectivity index (χ1n) is 8.54. The fraction of sp³-hybridized carbons (Fsp3) is 0.0952. The maximum atomic E-state index is 12.3. The van der Waals surface area contributed by atoms with E-state index in [0.29, 0.717) is 21.8 Å². The number of phenolic OH excluding ortho intramolecular Hbond substituents is 1. The van der Waals surface area contributed by atoms with Gasteiger partial charge < -0.3 is 10.4 Å². The quantitative estimate of drug-likeness (QED) is 0.449. The summed E-state index contributed by atoms with van der Waals surface area (Å²) >= 11 is 1.44. The molecule has 2 amide bonds. The summed E-state index contributed by atoms with van der Waals surface area (Å²) in [5.41, 5.74) is 4.89. The van der Waals surface area contributed by atoms with Crippen molar-refractivity contribution in [2.75, 3.05) is 5.32 Å². The Kier molecular flexibility index (Phi) is 5.86. The molecule has 0 fully saturated rings. The van der Waals surface area contributed by atoms with Crippen LogP contribution >= 0.6 is 11.3 Å². The number of phenols is 1. The smallest absolute Gasteiger partial charge is 0.271 e. The molecule has 1 aromatic heterocycles. The zero-order valence-corrected chi connectivity index (χ0v) is 16.2. The number of thiophene rings is 1. The van der Waals surface area contributed by atoms with Gasteiger partial charge in [0, 0.05) is 16.1 Å². The van der Waals surface area contributed by atoms with Crippen molar-refractivity contribution in [2.45, 2.75) is 13.8 Å². The molecular weight excluding hydrogens is 374 g/mol. The predicted octanol–water partition coefficient (Wildman–Crippen LogP) is 4.17. The molecular formula is C21H19N3O3S. The predicted molar refractivity (Wildman–Crippen MR) is 111 cm³/mol. The lowest BCUT2D eigenvalue weighted by atomic mass is 10.1. The molecule has 0 spiro atoms. The molecule has 2 aromatic carbocycles.